The van der Waals surface area contributed by atoms with Crippen LogP contribution in [-0.2, 0) is 9.47 Å². The fraction of sp³-hybridized carbons (Fsp3) is 0.370. The Bertz CT molecular complexity index is 1250. The van der Waals surface area contributed by atoms with Gasteiger partial charge in [-0.1, -0.05) is 12.7 Å². The van der Waals surface area contributed by atoms with E-state index in [1.54, 1.807) is 13.8 Å². The highest BCUT2D eigenvalue weighted by Crippen LogP contribution is 2.34. The highest BCUT2D eigenvalue weighted by molar-refractivity contribution is 6.04. The summed E-state index contributed by atoms with van der Waals surface area (Å²) in [5.74, 6) is -2.04. The smallest absolute Gasteiger partial charge is 0.410 e. The molecular formula is C27H31N3O8. The van der Waals surface area contributed by atoms with E-state index in [2.05, 4.69) is 22.2 Å². The van der Waals surface area contributed by atoms with E-state index >= 15 is 0 Å². The summed E-state index contributed by atoms with van der Waals surface area (Å²) >= 11 is 0. The van der Waals surface area contributed by atoms with Crippen LogP contribution in [-0.4, -0.2) is 60.0 Å². The number of nitrogens with zero attached hydrogens (tertiary/aromatic N) is 1. The maximum atomic E-state index is 13.2. The van der Waals surface area contributed by atoms with E-state index in [1.807, 2.05) is 0 Å². The Balaban J connectivity index is 2.04. The fourth-order valence-electron chi connectivity index (χ4n) is 3.59. The lowest BCUT2D eigenvalue weighted by Crippen LogP contribution is -2.34. The first-order chi connectivity index (χ1) is 18.0. The number of methoxy groups -OCH3 is 1. The average Bonchev–Trinajstić information content (AvgIpc) is 3.69. The molecule has 1 unspecified atom stereocenters. The van der Waals surface area contributed by atoms with Crippen LogP contribution < -0.4 is 15.4 Å². The van der Waals surface area contributed by atoms with Gasteiger partial charge < -0.3 is 30.0 Å². The molecule has 1 heterocycles. The molecule has 3 rings (SSSR count). The third-order valence-electron chi connectivity index (χ3n) is 5.63. The van der Waals surface area contributed by atoms with Gasteiger partial charge in [-0.05, 0) is 56.9 Å². The number of esters is 1. The molecule has 1 aliphatic rings. The molecule has 11 nitrogen and oxygen atoms in total. The van der Waals surface area contributed by atoms with Crippen molar-refractivity contribution in [2.45, 2.75) is 45.9 Å². The summed E-state index contributed by atoms with van der Waals surface area (Å²) in [4.78, 5) is 54.2. The molecule has 1 fully saturated rings. The summed E-state index contributed by atoms with van der Waals surface area (Å²) in [6, 6.07) is 5.41. The van der Waals surface area contributed by atoms with Gasteiger partial charge in [-0.3, -0.25) is 4.79 Å². The monoisotopic (exact) mass is 525 g/mol. The molecule has 0 saturated heterocycles. The van der Waals surface area contributed by atoms with E-state index in [9.17, 15) is 24.3 Å². The van der Waals surface area contributed by atoms with Crippen molar-refractivity contribution in [2.24, 2.45) is 5.92 Å². The van der Waals surface area contributed by atoms with Gasteiger partial charge in [0.25, 0.3) is 5.91 Å². The number of aromatic carboxylic acids is 1. The van der Waals surface area contributed by atoms with Gasteiger partial charge in [0.05, 0.1) is 12.7 Å². The largest absolute Gasteiger partial charge is 0.496 e. The van der Waals surface area contributed by atoms with Gasteiger partial charge in [-0.15, -0.1) is 0 Å². The number of benzene rings is 1. The molecule has 1 saturated carbocycles. The zero-order chi connectivity index (χ0) is 28.0. The lowest BCUT2D eigenvalue weighted by atomic mass is 9.95. The number of pyridine rings is 1. The van der Waals surface area contributed by atoms with Crippen molar-refractivity contribution in [1.29, 1.82) is 0 Å². The quantitative estimate of drug-likeness (QED) is 0.293. The first kappa shape index (κ1) is 28.2. The number of amides is 2. The third-order valence-corrected chi connectivity index (χ3v) is 5.63. The molecule has 0 bridgehead atoms. The lowest BCUT2D eigenvalue weighted by molar-refractivity contribution is -0.0607. The van der Waals surface area contributed by atoms with E-state index < -0.39 is 30.2 Å². The number of ether oxygens (including phenoxy) is 3. The molecule has 11 heteroatoms. The summed E-state index contributed by atoms with van der Waals surface area (Å²) in [6.45, 7) is 8.98. The predicted octanol–water partition coefficient (Wildman–Crippen LogP) is 3.88. The van der Waals surface area contributed by atoms with Crippen LogP contribution in [0.25, 0.3) is 17.2 Å². The number of carboxylic acid groups (broad SMARTS) is 1. The zero-order valence-corrected chi connectivity index (χ0v) is 21.7. The van der Waals surface area contributed by atoms with E-state index in [0.717, 1.165) is 12.8 Å². The van der Waals surface area contributed by atoms with Gasteiger partial charge in [0.1, 0.15) is 11.4 Å². The zero-order valence-electron chi connectivity index (χ0n) is 21.7. The van der Waals surface area contributed by atoms with Crippen LogP contribution in [0.3, 0.4) is 0 Å². The Morgan fingerprint density at radius 1 is 1.13 bits per heavy atom. The minimum atomic E-state index is -1.31. The fourth-order valence-corrected chi connectivity index (χ4v) is 3.59. The van der Waals surface area contributed by atoms with Gasteiger partial charge in [0.2, 0.25) is 6.29 Å². The molecule has 0 aliphatic heterocycles. The third kappa shape index (κ3) is 7.09. The van der Waals surface area contributed by atoms with Crippen molar-refractivity contribution in [3.63, 3.8) is 0 Å². The molecule has 3 N–H and O–H groups in total. The molecule has 0 radical (unpaired) electrons. The number of hydrogen-bond acceptors (Lipinski definition) is 8. The maximum absolute atomic E-state index is 13.2. The van der Waals surface area contributed by atoms with E-state index in [0.29, 0.717) is 23.8 Å². The van der Waals surface area contributed by atoms with Crippen molar-refractivity contribution >= 4 is 30.0 Å². The molecule has 1 aromatic carbocycles. The van der Waals surface area contributed by atoms with Crippen molar-refractivity contribution in [2.75, 3.05) is 13.7 Å². The number of carbonyl (C=O) groups excluding carboxylic acids is 3. The van der Waals surface area contributed by atoms with Crippen LogP contribution in [0.2, 0.25) is 0 Å². The van der Waals surface area contributed by atoms with Crippen LogP contribution >= 0.6 is 0 Å². The predicted molar refractivity (Wildman–Crippen MR) is 138 cm³/mol. The summed E-state index contributed by atoms with van der Waals surface area (Å²) in [5, 5.41) is 15.2. The van der Waals surface area contributed by atoms with Crippen LogP contribution in [0.4, 0.5) is 4.79 Å². The Morgan fingerprint density at radius 2 is 1.84 bits per heavy atom. The molecule has 2 aromatic rings. The summed E-state index contributed by atoms with van der Waals surface area (Å²) in [5.41, 5.74) is 0.0798. The Kier molecular flexibility index (Phi) is 9.06. The first-order valence-electron chi connectivity index (χ1n) is 12.1. The van der Waals surface area contributed by atoms with Crippen LogP contribution in [0.1, 0.15) is 70.5 Å². The van der Waals surface area contributed by atoms with Gasteiger partial charge in [0.15, 0.2) is 5.69 Å². The highest BCUT2D eigenvalue weighted by Gasteiger charge is 2.27. The Labute approximate surface area is 220 Å². The van der Waals surface area contributed by atoms with Gasteiger partial charge in [-0.25, -0.2) is 19.4 Å². The minimum absolute atomic E-state index is 0.0565. The summed E-state index contributed by atoms with van der Waals surface area (Å²) < 4.78 is 15.7. The highest BCUT2D eigenvalue weighted by atomic mass is 16.7. The van der Waals surface area contributed by atoms with Crippen LogP contribution in [0.15, 0.2) is 30.8 Å². The first-order valence-corrected chi connectivity index (χ1v) is 12.1. The van der Waals surface area contributed by atoms with E-state index in [1.165, 1.54) is 44.4 Å². The number of hydrogen-bond donors (Lipinski definition) is 3. The van der Waals surface area contributed by atoms with Crippen molar-refractivity contribution in [1.82, 2.24) is 15.6 Å². The van der Waals surface area contributed by atoms with Gasteiger partial charge in [0, 0.05) is 36.2 Å². The lowest BCUT2D eigenvalue weighted by Gasteiger charge is -2.18. The minimum Gasteiger partial charge on any atom is -0.496 e. The molecular weight excluding hydrogens is 494 g/mol. The normalized spacial score (nSPS) is 13.3. The van der Waals surface area contributed by atoms with Crippen LogP contribution in [0, 0.1) is 5.92 Å². The van der Waals surface area contributed by atoms with Gasteiger partial charge >= 0.3 is 18.0 Å². The second-order valence-corrected chi connectivity index (χ2v) is 9.07. The number of aromatic nitrogens is 1. The maximum Gasteiger partial charge on any atom is 0.410 e. The molecule has 2 amide bonds. The number of alkyl carbamates (subject to hydrolysis) is 1. The molecule has 1 aromatic heterocycles. The van der Waals surface area contributed by atoms with Crippen LogP contribution in [0.5, 0.6) is 5.75 Å². The standard InChI is InChI=1S/C27H31N3O8/c1-6-17-11-20(25(32)33)19(12-22(17)36-5)18-9-10-21(24(31)28-13-16-7-8-16)30-23(18)26(34)37-15(4)38-27(35)29-14(2)3/h6,9-12,14-16H,1,7-8,13H2,2-5H3,(H,28,31)(H,29,35)(H,32,33). The summed E-state index contributed by atoms with van der Waals surface area (Å²) in [6.07, 6.45) is 1.41. The topological polar surface area (TPSA) is 153 Å². The molecule has 0 spiro atoms. The van der Waals surface area contributed by atoms with Crippen molar-refractivity contribution < 1.29 is 38.5 Å². The Hall–Kier alpha value is -4.41. The molecule has 38 heavy (non-hydrogen) atoms. The second-order valence-electron chi connectivity index (χ2n) is 9.07. The van der Waals surface area contributed by atoms with Crippen molar-refractivity contribution in [3.8, 4) is 16.9 Å². The second kappa shape index (κ2) is 12.2. The van der Waals surface area contributed by atoms with E-state index in [-0.39, 0.29) is 34.1 Å². The number of nitrogens with one attached hydrogen (secondary N) is 2. The van der Waals surface area contributed by atoms with E-state index in [4.69, 9.17) is 14.2 Å². The molecule has 1 atom stereocenters. The number of carbonyl (C=O) groups is 4. The number of rotatable bonds is 11. The number of carboxylic acids is 1. The SMILES string of the molecule is C=Cc1cc(C(=O)O)c(-c2ccc(C(=O)NCC3CC3)nc2C(=O)OC(C)OC(=O)NC(C)C)cc1OC. The average molecular weight is 526 g/mol. The van der Waals surface area contributed by atoms with Crippen molar-refractivity contribution in [3.05, 3.63) is 53.4 Å². The van der Waals surface area contributed by atoms with Gasteiger partial charge in [-0.2, -0.15) is 0 Å². The molecule has 1 aliphatic carbocycles. The molecule has 202 valence electrons. The Morgan fingerprint density at radius 3 is 2.42 bits per heavy atom. The summed E-state index contributed by atoms with van der Waals surface area (Å²) in [7, 11) is 1.41.